The Labute approximate surface area is 201 Å². The minimum Gasteiger partial charge on any atom is -0.298 e. The van der Waals surface area contributed by atoms with Gasteiger partial charge in [0.25, 0.3) is 10.1 Å². The van der Waals surface area contributed by atoms with E-state index in [9.17, 15) is 8.42 Å². The molecule has 1 heterocycles. The number of hydrogen-bond acceptors (Lipinski definition) is 4. The molecule has 0 bridgehead atoms. The van der Waals surface area contributed by atoms with E-state index in [1.807, 2.05) is 0 Å². The van der Waals surface area contributed by atoms with Crippen molar-refractivity contribution < 1.29 is 12.6 Å². The zero-order valence-electron chi connectivity index (χ0n) is 21.6. The predicted octanol–water partition coefficient (Wildman–Crippen LogP) is 7.86. The van der Waals surface area contributed by atoms with Crippen LogP contribution in [0.4, 0.5) is 0 Å². The zero-order chi connectivity index (χ0) is 23.3. The molecule has 0 unspecified atom stereocenters. The van der Waals surface area contributed by atoms with Crippen molar-refractivity contribution in [2.24, 2.45) is 0 Å². The molecule has 1 aliphatic rings. The van der Waals surface area contributed by atoms with Crippen LogP contribution in [0, 0.1) is 0 Å². The molecule has 0 N–H and O–H groups in total. The number of rotatable bonds is 24. The minimum atomic E-state index is -3.33. The van der Waals surface area contributed by atoms with Gasteiger partial charge in [-0.3, -0.25) is 9.08 Å². The molecule has 1 rings (SSSR count). The average molecular weight is 474 g/mol. The summed E-state index contributed by atoms with van der Waals surface area (Å²) in [6, 6.07) is 0. The largest absolute Gasteiger partial charge is 0.298 e. The van der Waals surface area contributed by atoms with E-state index in [1.165, 1.54) is 109 Å². The standard InChI is InChI=1S/C27H55NO3S/c1-3-5-7-9-11-12-13-14-15-16-17-18-19-21-23-28-25-27(26-28)31-32(29,30)24-22-20-10-8-6-4-2/h27H,3-26H2,1-2H3. The smallest absolute Gasteiger partial charge is 0.267 e. The Kier molecular flexibility index (Phi) is 18.9. The monoisotopic (exact) mass is 473 g/mol. The van der Waals surface area contributed by atoms with Crippen molar-refractivity contribution in [3.05, 3.63) is 0 Å². The first-order chi connectivity index (χ1) is 15.6. The van der Waals surface area contributed by atoms with Crippen molar-refractivity contribution in [3.63, 3.8) is 0 Å². The lowest BCUT2D eigenvalue weighted by molar-refractivity contribution is 0.0234. The third-order valence-electron chi connectivity index (χ3n) is 6.78. The maximum absolute atomic E-state index is 12.1. The molecule has 0 aromatic carbocycles. The van der Waals surface area contributed by atoms with Gasteiger partial charge in [0.1, 0.15) is 6.10 Å². The molecule has 0 spiro atoms. The van der Waals surface area contributed by atoms with E-state index >= 15 is 0 Å². The van der Waals surface area contributed by atoms with E-state index in [1.54, 1.807) is 0 Å². The highest BCUT2D eigenvalue weighted by atomic mass is 32.2. The van der Waals surface area contributed by atoms with Crippen LogP contribution in [0.15, 0.2) is 0 Å². The zero-order valence-corrected chi connectivity index (χ0v) is 22.4. The second-order valence-corrected chi connectivity index (χ2v) is 11.8. The molecule has 0 radical (unpaired) electrons. The number of hydrogen-bond donors (Lipinski definition) is 0. The van der Waals surface area contributed by atoms with E-state index in [4.69, 9.17) is 4.18 Å². The van der Waals surface area contributed by atoms with Gasteiger partial charge in [0.2, 0.25) is 0 Å². The molecule has 0 saturated carbocycles. The van der Waals surface area contributed by atoms with Gasteiger partial charge >= 0.3 is 0 Å². The summed E-state index contributed by atoms with van der Waals surface area (Å²) in [5.41, 5.74) is 0. The first-order valence-corrected chi connectivity index (χ1v) is 15.8. The average Bonchev–Trinajstić information content (AvgIpc) is 2.74. The highest BCUT2D eigenvalue weighted by Gasteiger charge is 2.31. The Hall–Kier alpha value is -0.130. The Bertz CT molecular complexity index is 503. The molecular weight excluding hydrogens is 418 g/mol. The first-order valence-electron chi connectivity index (χ1n) is 14.2. The van der Waals surface area contributed by atoms with Gasteiger partial charge in [-0.2, -0.15) is 8.42 Å². The molecule has 1 fully saturated rings. The minimum absolute atomic E-state index is 0.105. The lowest BCUT2D eigenvalue weighted by Crippen LogP contribution is -2.53. The van der Waals surface area contributed by atoms with Gasteiger partial charge in [-0.15, -0.1) is 0 Å². The summed E-state index contributed by atoms with van der Waals surface area (Å²) < 4.78 is 29.6. The van der Waals surface area contributed by atoms with Gasteiger partial charge in [-0.1, -0.05) is 129 Å². The summed E-state index contributed by atoms with van der Waals surface area (Å²) in [5, 5.41) is 0. The lowest BCUT2D eigenvalue weighted by atomic mass is 10.0. The fourth-order valence-corrected chi connectivity index (χ4v) is 5.80. The van der Waals surface area contributed by atoms with E-state index in [-0.39, 0.29) is 11.9 Å². The molecule has 0 atom stereocenters. The van der Waals surface area contributed by atoms with Crippen molar-refractivity contribution in [3.8, 4) is 0 Å². The lowest BCUT2D eigenvalue weighted by Gasteiger charge is -2.38. The van der Waals surface area contributed by atoms with Crippen molar-refractivity contribution in [2.45, 2.75) is 148 Å². The molecular formula is C27H55NO3S. The van der Waals surface area contributed by atoms with Gasteiger partial charge in [0.15, 0.2) is 0 Å². The van der Waals surface area contributed by atoms with Crippen molar-refractivity contribution in [1.29, 1.82) is 0 Å². The van der Waals surface area contributed by atoms with Crippen LogP contribution in [0.1, 0.15) is 142 Å². The van der Waals surface area contributed by atoms with Crippen LogP contribution in [0.5, 0.6) is 0 Å². The van der Waals surface area contributed by atoms with Crippen LogP contribution < -0.4 is 0 Å². The second-order valence-electron chi connectivity index (χ2n) is 10.1. The fraction of sp³-hybridized carbons (Fsp3) is 1.00. The van der Waals surface area contributed by atoms with Crippen molar-refractivity contribution in [1.82, 2.24) is 4.90 Å². The van der Waals surface area contributed by atoms with Gasteiger partial charge in [0, 0.05) is 13.1 Å². The molecule has 4 nitrogen and oxygen atoms in total. The SMILES string of the molecule is CCCCCCCCCCCCCCCCN1CC(OS(=O)(=O)CCCCCCCC)C1. The summed E-state index contributed by atoms with van der Waals surface area (Å²) in [6.07, 6.45) is 25.9. The highest BCUT2D eigenvalue weighted by Crippen LogP contribution is 2.18. The molecule has 0 aromatic rings. The van der Waals surface area contributed by atoms with E-state index < -0.39 is 10.1 Å². The Morgan fingerprint density at radius 2 is 0.969 bits per heavy atom. The molecule has 0 amide bonds. The van der Waals surface area contributed by atoms with Crippen LogP contribution in [0.2, 0.25) is 0 Å². The molecule has 1 aliphatic heterocycles. The summed E-state index contributed by atoms with van der Waals surface area (Å²) in [7, 11) is -3.33. The number of unbranched alkanes of at least 4 members (excludes halogenated alkanes) is 18. The summed E-state index contributed by atoms with van der Waals surface area (Å²) in [5.74, 6) is 0.189. The normalized spacial score (nSPS) is 15.3. The molecule has 5 heteroatoms. The second kappa shape index (κ2) is 20.3. The van der Waals surface area contributed by atoms with E-state index in [0.29, 0.717) is 0 Å². The fourth-order valence-electron chi connectivity index (χ4n) is 4.61. The van der Waals surface area contributed by atoms with Crippen LogP contribution in [0.25, 0.3) is 0 Å². The van der Waals surface area contributed by atoms with Crippen molar-refractivity contribution >= 4 is 10.1 Å². The van der Waals surface area contributed by atoms with Crippen molar-refractivity contribution in [2.75, 3.05) is 25.4 Å². The third kappa shape index (κ3) is 17.4. The number of nitrogens with zero attached hydrogens (tertiary/aromatic N) is 1. The molecule has 1 saturated heterocycles. The Morgan fingerprint density at radius 1 is 0.594 bits per heavy atom. The van der Waals surface area contributed by atoms with Gasteiger partial charge in [-0.05, 0) is 19.4 Å². The Balaban J connectivity index is 1.83. The molecule has 192 valence electrons. The number of likely N-dealkylation sites (tertiary alicyclic amines) is 1. The highest BCUT2D eigenvalue weighted by molar-refractivity contribution is 7.86. The molecule has 32 heavy (non-hydrogen) atoms. The molecule has 0 aliphatic carbocycles. The van der Waals surface area contributed by atoms with Gasteiger partial charge in [0.05, 0.1) is 5.75 Å². The Morgan fingerprint density at radius 3 is 1.41 bits per heavy atom. The van der Waals surface area contributed by atoms with Crippen LogP contribution in [-0.4, -0.2) is 44.8 Å². The topological polar surface area (TPSA) is 46.6 Å². The third-order valence-corrected chi connectivity index (χ3v) is 8.14. The van der Waals surface area contributed by atoms with Crippen LogP contribution >= 0.6 is 0 Å². The molecule has 0 aromatic heterocycles. The van der Waals surface area contributed by atoms with Crippen LogP contribution in [-0.2, 0) is 14.3 Å². The van der Waals surface area contributed by atoms with Crippen LogP contribution in [0.3, 0.4) is 0 Å². The first kappa shape index (κ1) is 29.9. The maximum Gasteiger partial charge on any atom is 0.267 e. The van der Waals surface area contributed by atoms with E-state index in [0.717, 1.165) is 38.9 Å². The van der Waals surface area contributed by atoms with Gasteiger partial charge in [-0.25, -0.2) is 0 Å². The predicted molar refractivity (Wildman–Crippen MR) is 139 cm³/mol. The summed E-state index contributed by atoms with van der Waals surface area (Å²) >= 11 is 0. The quantitative estimate of drug-likeness (QED) is 0.106. The van der Waals surface area contributed by atoms with Gasteiger partial charge < -0.3 is 0 Å². The summed E-state index contributed by atoms with van der Waals surface area (Å²) in [6.45, 7) is 7.14. The summed E-state index contributed by atoms with van der Waals surface area (Å²) in [4.78, 5) is 2.34. The maximum atomic E-state index is 12.1. The van der Waals surface area contributed by atoms with E-state index in [2.05, 4.69) is 18.7 Å².